The first-order valence-electron chi connectivity index (χ1n) is 10.5. The van der Waals surface area contributed by atoms with Gasteiger partial charge in [-0.25, -0.2) is 0 Å². The average Bonchev–Trinajstić information content (AvgIpc) is 3.15. The highest BCUT2D eigenvalue weighted by atomic mass is 79.9. The normalized spacial score (nSPS) is 13.5. The van der Waals surface area contributed by atoms with Crippen molar-refractivity contribution >= 4 is 28.0 Å². The fourth-order valence-corrected chi connectivity index (χ4v) is 4.33. The van der Waals surface area contributed by atoms with E-state index in [1.807, 2.05) is 60.7 Å². The summed E-state index contributed by atoms with van der Waals surface area (Å²) >= 11 is 3.53. The van der Waals surface area contributed by atoms with E-state index in [4.69, 9.17) is 9.47 Å². The van der Waals surface area contributed by atoms with Crippen molar-refractivity contribution in [3.05, 3.63) is 99.5 Å². The molecule has 0 spiro atoms. The third kappa shape index (κ3) is 5.26. The molecule has 0 fully saturated rings. The SMILES string of the molecule is CC(C)C(C(=O)OCc1cccc(Oc2ccccc2)c1)C1=Cc2cc(Br)ccc2C1. The van der Waals surface area contributed by atoms with Crippen molar-refractivity contribution < 1.29 is 14.3 Å². The Labute approximate surface area is 191 Å². The summed E-state index contributed by atoms with van der Waals surface area (Å²) in [6.45, 7) is 4.36. The molecule has 4 rings (SSSR count). The van der Waals surface area contributed by atoms with Gasteiger partial charge in [0.1, 0.15) is 18.1 Å². The highest BCUT2D eigenvalue weighted by molar-refractivity contribution is 9.10. The Bertz CT molecular complexity index is 1100. The zero-order chi connectivity index (χ0) is 21.8. The van der Waals surface area contributed by atoms with Gasteiger partial charge in [0.2, 0.25) is 0 Å². The number of fused-ring (bicyclic) bond motifs is 1. The maximum Gasteiger partial charge on any atom is 0.313 e. The lowest BCUT2D eigenvalue weighted by molar-refractivity contribution is -0.149. The maximum atomic E-state index is 13.0. The molecule has 31 heavy (non-hydrogen) atoms. The topological polar surface area (TPSA) is 35.5 Å². The van der Waals surface area contributed by atoms with Gasteiger partial charge in [-0.15, -0.1) is 0 Å². The molecule has 0 heterocycles. The number of benzene rings is 3. The fraction of sp³-hybridized carbons (Fsp3) is 0.222. The minimum atomic E-state index is -0.255. The Balaban J connectivity index is 1.42. The molecular weight excluding hydrogens is 452 g/mol. The predicted molar refractivity (Wildman–Crippen MR) is 127 cm³/mol. The van der Waals surface area contributed by atoms with E-state index in [0.29, 0.717) is 0 Å². The second kappa shape index (κ2) is 9.52. The van der Waals surface area contributed by atoms with Crippen LogP contribution in [0.25, 0.3) is 6.08 Å². The largest absolute Gasteiger partial charge is 0.460 e. The van der Waals surface area contributed by atoms with Gasteiger partial charge in [-0.05, 0) is 65.4 Å². The molecular formula is C27H25BrO3. The quantitative estimate of drug-likeness (QED) is 0.338. The first-order valence-corrected chi connectivity index (χ1v) is 11.3. The van der Waals surface area contributed by atoms with Crippen molar-refractivity contribution in [2.75, 3.05) is 0 Å². The fourth-order valence-electron chi connectivity index (χ4n) is 3.95. The van der Waals surface area contributed by atoms with Crippen LogP contribution in [0.1, 0.15) is 30.5 Å². The molecule has 1 atom stereocenters. The second-order valence-electron chi connectivity index (χ2n) is 8.13. The van der Waals surface area contributed by atoms with Gasteiger partial charge >= 0.3 is 5.97 Å². The Kier molecular flexibility index (Phi) is 6.57. The minimum Gasteiger partial charge on any atom is -0.460 e. The number of hydrogen-bond donors (Lipinski definition) is 0. The summed E-state index contributed by atoms with van der Waals surface area (Å²) in [5.74, 6) is 1.22. The number of halogens is 1. The number of para-hydroxylation sites is 1. The molecule has 1 aliphatic rings. The van der Waals surface area contributed by atoms with Crippen molar-refractivity contribution in [3.63, 3.8) is 0 Å². The third-order valence-electron chi connectivity index (χ3n) is 5.42. The van der Waals surface area contributed by atoms with Crippen LogP contribution in [0.15, 0.2) is 82.8 Å². The molecule has 0 saturated heterocycles. The summed E-state index contributed by atoms with van der Waals surface area (Å²) in [6, 6.07) is 23.6. The lowest BCUT2D eigenvalue weighted by Crippen LogP contribution is -2.25. The van der Waals surface area contributed by atoms with E-state index < -0.39 is 0 Å². The van der Waals surface area contributed by atoms with Crippen LogP contribution in [0.4, 0.5) is 0 Å². The highest BCUT2D eigenvalue weighted by Gasteiger charge is 2.30. The Hall–Kier alpha value is -2.85. The summed E-state index contributed by atoms with van der Waals surface area (Å²) in [4.78, 5) is 13.0. The molecule has 3 aromatic carbocycles. The first kappa shape index (κ1) is 21.4. The smallest absolute Gasteiger partial charge is 0.313 e. The van der Waals surface area contributed by atoms with Crippen LogP contribution in [0.5, 0.6) is 11.5 Å². The van der Waals surface area contributed by atoms with E-state index >= 15 is 0 Å². The molecule has 3 aromatic rings. The zero-order valence-electron chi connectivity index (χ0n) is 17.7. The average molecular weight is 477 g/mol. The van der Waals surface area contributed by atoms with Crippen molar-refractivity contribution in [1.29, 1.82) is 0 Å². The lowest BCUT2D eigenvalue weighted by atomic mass is 9.87. The van der Waals surface area contributed by atoms with Gasteiger partial charge in [0.05, 0.1) is 5.92 Å². The molecule has 0 bridgehead atoms. The molecule has 0 radical (unpaired) electrons. The molecule has 3 nitrogen and oxygen atoms in total. The number of carbonyl (C=O) groups excluding carboxylic acids is 1. The summed E-state index contributed by atoms with van der Waals surface area (Å²) in [6.07, 6.45) is 2.93. The van der Waals surface area contributed by atoms with Crippen molar-refractivity contribution in [2.45, 2.75) is 26.9 Å². The summed E-state index contributed by atoms with van der Waals surface area (Å²) in [5, 5.41) is 0. The van der Waals surface area contributed by atoms with E-state index in [0.717, 1.165) is 33.5 Å². The van der Waals surface area contributed by atoms with Gasteiger partial charge in [0, 0.05) is 4.47 Å². The van der Waals surface area contributed by atoms with Gasteiger partial charge in [-0.3, -0.25) is 4.79 Å². The van der Waals surface area contributed by atoms with Gasteiger partial charge in [-0.2, -0.15) is 0 Å². The van der Waals surface area contributed by atoms with Crippen LogP contribution in [-0.2, 0) is 22.6 Å². The van der Waals surface area contributed by atoms with Crippen molar-refractivity contribution in [2.24, 2.45) is 11.8 Å². The van der Waals surface area contributed by atoms with E-state index in [1.165, 1.54) is 11.1 Å². The first-order chi connectivity index (χ1) is 15.0. The van der Waals surface area contributed by atoms with Crippen LogP contribution in [-0.4, -0.2) is 5.97 Å². The number of carbonyl (C=O) groups is 1. The molecule has 0 N–H and O–H groups in total. The number of hydrogen-bond acceptors (Lipinski definition) is 3. The summed E-state index contributed by atoms with van der Waals surface area (Å²) < 4.78 is 12.7. The molecule has 0 amide bonds. The molecule has 4 heteroatoms. The number of esters is 1. The summed E-state index contributed by atoms with van der Waals surface area (Å²) in [5.41, 5.74) is 4.45. The maximum absolute atomic E-state index is 13.0. The zero-order valence-corrected chi connectivity index (χ0v) is 19.3. The summed E-state index contributed by atoms with van der Waals surface area (Å²) in [7, 11) is 0. The third-order valence-corrected chi connectivity index (χ3v) is 5.92. The second-order valence-corrected chi connectivity index (χ2v) is 9.05. The van der Waals surface area contributed by atoms with Gasteiger partial charge in [0.15, 0.2) is 0 Å². The Morgan fingerprint density at radius 3 is 2.52 bits per heavy atom. The van der Waals surface area contributed by atoms with E-state index in [2.05, 4.69) is 48.0 Å². The lowest BCUT2D eigenvalue weighted by Gasteiger charge is -2.21. The van der Waals surface area contributed by atoms with Gasteiger partial charge in [-0.1, -0.05) is 77.8 Å². The van der Waals surface area contributed by atoms with Gasteiger partial charge in [0.25, 0.3) is 0 Å². The Morgan fingerprint density at radius 2 is 1.74 bits per heavy atom. The van der Waals surface area contributed by atoms with E-state index in [1.54, 1.807) is 0 Å². The molecule has 0 aromatic heterocycles. The van der Waals surface area contributed by atoms with Crippen molar-refractivity contribution in [3.8, 4) is 11.5 Å². The van der Waals surface area contributed by atoms with Crippen LogP contribution < -0.4 is 4.74 Å². The van der Waals surface area contributed by atoms with Crippen LogP contribution in [0.2, 0.25) is 0 Å². The molecule has 0 saturated carbocycles. The predicted octanol–water partition coefficient (Wildman–Crippen LogP) is 7.20. The van der Waals surface area contributed by atoms with Crippen LogP contribution >= 0.6 is 15.9 Å². The highest BCUT2D eigenvalue weighted by Crippen LogP contribution is 2.35. The van der Waals surface area contributed by atoms with Gasteiger partial charge < -0.3 is 9.47 Å². The monoisotopic (exact) mass is 476 g/mol. The van der Waals surface area contributed by atoms with E-state index in [-0.39, 0.29) is 24.4 Å². The molecule has 1 aliphatic carbocycles. The van der Waals surface area contributed by atoms with E-state index in [9.17, 15) is 4.79 Å². The molecule has 1 unspecified atom stereocenters. The van der Waals surface area contributed by atoms with Crippen LogP contribution in [0, 0.1) is 11.8 Å². The van der Waals surface area contributed by atoms with Crippen LogP contribution in [0.3, 0.4) is 0 Å². The standard InChI is InChI=1S/C27H25BrO3/c1-18(2)26(22-14-20-11-12-23(28)16-21(20)15-22)27(29)30-17-19-7-6-10-25(13-19)31-24-8-4-3-5-9-24/h3-13,15-16,18,26H,14,17H2,1-2H3. The van der Waals surface area contributed by atoms with Crippen molar-refractivity contribution in [1.82, 2.24) is 0 Å². The molecule has 0 aliphatic heterocycles. The number of rotatable bonds is 7. The minimum absolute atomic E-state index is 0.157. The number of ether oxygens (including phenoxy) is 2. The Morgan fingerprint density at radius 1 is 0.968 bits per heavy atom. The molecule has 158 valence electrons.